The molecule has 0 radical (unpaired) electrons. The fourth-order valence-corrected chi connectivity index (χ4v) is 2.58. The lowest BCUT2D eigenvalue weighted by atomic mass is 10.1. The van der Waals surface area contributed by atoms with Gasteiger partial charge in [0.25, 0.3) is 0 Å². The van der Waals surface area contributed by atoms with E-state index < -0.39 is 0 Å². The predicted octanol–water partition coefficient (Wildman–Crippen LogP) is 2.27. The largest absolute Gasteiger partial charge is 0.354 e. The van der Waals surface area contributed by atoms with Crippen LogP contribution in [0.3, 0.4) is 0 Å². The monoisotopic (exact) mass is 235 g/mol. The first kappa shape index (κ1) is 12.6. The molecule has 0 spiro atoms. The van der Waals surface area contributed by atoms with Crippen molar-refractivity contribution in [1.82, 2.24) is 4.90 Å². The Labute approximate surface area is 103 Å². The lowest BCUT2D eigenvalue weighted by molar-refractivity contribution is -0.141. The summed E-state index contributed by atoms with van der Waals surface area (Å²) >= 11 is 0. The maximum atomic E-state index is 5.39. The molecule has 1 aliphatic heterocycles. The van der Waals surface area contributed by atoms with Gasteiger partial charge in [0.05, 0.1) is 6.04 Å². The van der Waals surface area contributed by atoms with Crippen LogP contribution in [0.5, 0.6) is 0 Å². The SMILES string of the molecule is COC(OC)[C@@H]1CCCN1Cc1ccccc1. The van der Waals surface area contributed by atoms with E-state index >= 15 is 0 Å². The first-order valence-corrected chi connectivity index (χ1v) is 6.18. The smallest absolute Gasteiger partial charge is 0.172 e. The van der Waals surface area contributed by atoms with Crippen molar-refractivity contribution in [2.45, 2.75) is 31.7 Å². The molecule has 1 aliphatic rings. The lowest BCUT2D eigenvalue weighted by Gasteiger charge is -2.29. The molecule has 0 aromatic heterocycles. The van der Waals surface area contributed by atoms with Crippen LogP contribution in [0, 0.1) is 0 Å². The second-order valence-corrected chi connectivity index (χ2v) is 4.51. The molecule has 1 aromatic carbocycles. The van der Waals surface area contributed by atoms with Crippen LogP contribution in [0.4, 0.5) is 0 Å². The molecule has 94 valence electrons. The Balaban J connectivity index is 2.00. The van der Waals surface area contributed by atoms with Crippen molar-refractivity contribution in [2.24, 2.45) is 0 Å². The summed E-state index contributed by atoms with van der Waals surface area (Å²) in [6.07, 6.45) is 2.26. The number of benzene rings is 1. The Kier molecular flexibility index (Phi) is 4.54. The average Bonchev–Trinajstić information content (AvgIpc) is 2.81. The second kappa shape index (κ2) is 6.15. The molecule has 17 heavy (non-hydrogen) atoms. The molecule has 1 atom stereocenters. The van der Waals surface area contributed by atoms with Crippen molar-refractivity contribution in [3.63, 3.8) is 0 Å². The summed E-state index contributed by atoms with van der Waals surface area (Å²) in [6.45, 7) is 2.11. The third-order valence-corrected chi connectivity index (χ3v) is 3.42. The highest BCUT2D eigenvalue weighted by Crippen LogP contribution is 2.24. The summed E-state index contributed by atoms with van der Waals surface area (Å²) in [6, 6.07) is 11.0. The zero-order chi connectivity index (χ0) is 12.1. The fourth-order valence-electron chi connectivity index (χ4n) is 2.58. The van der Waals surface area contributed by atoms with Crippen LogP contribution in [-0.2, 0) is 16.0 Å². The third kappa shape index (κ3) is 3.06. The Morgan fingerprint density at radius 2 is 1.94 bits per heavy atom. The molecule has 0 N–H and O–H groups in total. The summed E-state index contributed by atoms with van der Waals surface area (Å²) < 4.78 is 10.8. The number of hydrogen-bond donors (Lipinski definition) is 0. The normalized spacial score (nSPS) is 21.2. The van der Waals surface area contributed by atoms with Crippen LogP contribution < -0.4 is 0 Å². The quantitative estimate of drug-likeness (QED) is 0.731. The first-order valence-electron chi connectivity index (χ1n) is 6.18. The number of nitrogens with zero attached hydrogens (tertiary/aromatic N) is 1. The molecule has 0 aliphatic carbocycles. The Hall–Kier alpha value is -0.900. The van der Waals surface area contributed by atoms with Crippen LogP contribution >= 0.6 is 0 Å². The Bertz CT molecular complexity index is 324. The summed E-state index contributed by atoms with van der Waals surface area (Å²) in [5.41, 5.74) is 1.35. The first-order chi connectivity index (χ1) is 8.35. The number of rotatable bonds is 5. The van der Waals surface area contributed by atoms with Gasteiger partial charge in [-0.3, -0.25) is 4.90 Å². The van der Waals surface area contributed by atoms with Crippen LogP contribution in [0.25, 0.3) is 0 Å². The van der Waals surface area contributed by atoms with E-state index in [0.29, 0.717) is 6.04 Å². The molecule has 1 aromatic rings. The van der Waals surface area contributed by atoms with Crippen molar-refractivity contribution in [3.8, 4) is 0 Å². The molecular weight excluding hydrogens is 214 g/mol. The minimum atomic E-state index is -0.110. The number of ether oxygens (including phenoxy) is 2. The van der Waals surface area contributed by atoms with Gasteiger partial charge in [0.2, 0.25) is 0 Å². The van der Waals surface area contributed by atoms with Gasteiger partial charge in [0.1, 0.15) is 0 Å². The summed E-state index contributed by atoms with van der Waals surface area (Å²) in [5, 5.41) is 0. The van der Waals surface area contributed by atoms with Gasteiger partial charge in [-0.1, -0.05) is 30.3 Å². The molecule has 0 saturated carbocycles. The van der Waals surface area contributed by atoms with Gasteiger partial charge in [0.15, 0.2) is 6.29 Å². The van der Waals surface area contributed by atoms with Crippen molar-refractivity contribution in [2.75, 3.05) is 20.8 Å². The molecule has 0 unspecified atom stereocenters. The highest BCUT2D eigenvalue weighted by atomic mass is 16.7. The van der Waals surface area contributed by atoms with Crippen LogP contribution in [0.15, 0.2) is 30.3 Å². The molecule has 0 amide bonds. The van der Waals surface area contributed by atoms with Gasteiger partial charge in [-0.25, -0.2) is 0 Å². The molecule has 3 heteroatoms. The van der Waals surface area contributed by atoms with Gasteiger partial charge in [0, 0.05) is 20.8 Å². The van der Waals surface area contributed by atoms with E-state index in [1.165, 1.54) is 12.0 Å². The summed E-state index contributed by atoms with van der Waals surface area (Å²) in [4.78, 5) is 2.45. The molecule has 1 saturated heterocycles. The van der Waals surface area contributed by atoms with E-state index in [0.717, 1.165) is 19.5 Å². The Morgan fingerprint density at radius 1 is 1.24 bits per heavy atom. The summed E-state index contributed by atoms with van der Waals surface area (Å²) in [5.74, 6) is 0. The van der Waals surface area contributed by atoms with Gasteiger partial charge in [-0.05, 0) is 24.9 Å². The van der Waals surface area contributed by atoms with Crippen molar-refractivity contribution in [3.05, 3.63) is 35.9 Å². The molecule has 1 heterocycles. The molecular formula is C14H21NO2. The highest BCUT2D eigenvalue weighted by molar-refractivity contribution is 5.14. The topological polar surface area (TPSA) is 21.7 Å². The minimum absolute atomic E-state index is 0.110. The maximum Gasteiger partial charge on any atom is 0.172 e. The van der Waals surface area contributed by atoms with E-state index in [4.69, 9.17) is 9.47 Å². The predicted molar refractivity (Wildman–Crippen MR) is 67.7 cm³/mol. The van der Waals surface area contributed by atoms with Gasteiger partial charge in [-0.15, -0.1) is 0 Å². The van der Waals surface area contributed by atoms with E-state index in [2.05, 4.69) is 35.2 Å². The lowest BCUT2D eigenvalue weighted by Crippen LogP contribution is -2.40. The fraction of sp³-hybridized carbons (Fsp3) is 0.571. The average molecular weight is 235 g/mol. The standard InChI is InChI=1S/C14H21NO2/c1-16-14(17-2)13-9-6-10-15(13)11-12-7-4-3-5-8-12/h3-5,7-8,13-14H,6,9-11H2,1-2H3/t13-/m0/s1. The van der Waals surface area contributed by atoms with Crippen molar-refractivity contribution >= 4 is 0 Å². The van der Waals surface area contributed by atoms with Gasteiger partial charge < -0.3 is 9.47 Å². The highest BCUT2D eigenvalue weighted by Gasteiger charge is 2.31. The molecule has 3 nitrogen and oxygen atoms in total. The third-order valence-electron chi connectivity index (χ3n) is 3.42. The van der Waals surface area contributed by atoms with E-state index in [1.54, 1.807) is 14.2 Å². The van der Waals surface area contributed by atoms with E-state index in [1.807, 2.05) is 0 Å². The van der Waals surface area contributed by atoms with Crippen LogP contribution in [-0.4, -0.2) is 38.0 Å². The van der Waals surface area contributed by atoms with Crippen molar-refractivity contribution in [1.29, 1.82) is 0 Å². The van der Waals surface area contributed by atoms with Crippen molar-refractivity contribution < 1.29 is 9.47 Å². The number of hydrogen-bond acceptors (Lipinski definition) is 3. The number of likely N-dealkylation sites (tertiary alicyclic amines) is 1. The molecule has 2 rings (SSSR count). The Morgan fingerprint density at radius 3 is 2.59 bits per heavy atom. The second-order valence-electron chi connectivity index (χ2n) is 4.51. The number of methoxy groups -OCH3 is 2. The minimum Gasteiger partial charge on any atom is -0.354 e. The summed E-state index contributed by atoms with van der Waals surface area (Å²) in [7, 11) is 3.43. The van der Waals surface area contributed by atoms with E-state index in [9.17, 15) is 0 Å². The zero-order valence-electron chi connectivity index (χ0n) is 10.6. The van der Waals surface area contributed by atoms with Crippen LogP contribution in [0.2, 0.25) is 0 Å². The molecule has 1 fully saturated rings. The van der Waals surface area contributed by atoms with Gasteiger partial charge in [-0.2, -0.15) is 0 Å². The maximum absolute atomic E-state index is 5.39. The zero-order valence-corrected chi connectivity index (χ0v) is 10.6. The van der Waals surface area contributed by atoms with E-state index in [-0.39, 0.29) is 6.29 Å². The van der Waals surface area contributed by atoms with Crippen LogP contribution in [0.1, 0.15) is 18.4 Å². The van der Waals surface area contributed by atoms with Gasteiger partial charge >= 0.3 is 0 Å². The molecule has 0 bridgehead atoms.